The molecule has 4 aliphatic carbocycles. The lowest BCUT2D eigenvalue weighted by Gasteiger charge is -2.51. The van der Waals surface area contributed by atoms with Crippen LogP contribution in [0.2, 0.25) is 0 Å². The zero-order valence-corrected chi connectivity index (χ0v) is 17.3. The fraction of sp³-hybridized carbons (Fsp3) is 0.609. The SMILES string of the molecule is N=NC1(C23CCC(CC2)C3)CCC2(CC1)C(=O)C(=NN)C(=NN)C2c1ccccc1. The van der Waals surface area contributed by atoms with Gasteiger partial charge < -0.3 is 11.7 Å². The summed E-state index contributed by atoms with van der Waals surface area (Å²) in [5.74, 6) is 11.9. The van der Waals surface area contributed by atoms with Gasteiger partial charge >= 0.3 is 0 Å². The number of ketones is 1. The molecule has 1 aromatic rings. The molecule has 0 aromatic heterocycles. The number of nitrogens with zero attached hydrogens (tertiary/aromatic N) is 3. The molecule has 4 fully saturated rings. The predicted molar refractivity (Wildman–Crippen MR) is 115 cm³/mol. The molecule has 0 amide bonds. The van der Waals surface area contributed by atoms with Crippen molar-refractivity contribution < 1.29 is 4.79 Å². The van der Waals surface area contributed by atoms with Gasteiger partial charge in [0.05, 0.1) is 11.3 Å². The second-order valence-corrected chi connectivity index (χ2v) is 9.89. The summed E-state index contributed by atoms with van der Waals surface area (Å²) in [6.45, 7) is 0. The molecule has 7 nitrogen and oxygen atoms in total. The zero-order chi connectivity index (χ0) is 21.0. The molecule has 0 radical (unpaired) electrons. The van der Waals surface area contributed by atoms with E-state index in [2.05, 4.69) is 15.3 Å². The Hall–Kier alpha value is -2.57. The molecule has 1 spiro atoms. The van der Waals surface area contributed by atoms with E-state index in [1.165, 1.54) is 32.1 Å². The van der Waals surface area contributed by atoms with Crippen LogP contribution in [0, 0.1) is 22.3 Å². The first kappa shape index (κ1) is 19.4. The lowest BCUT2D eigenvalue weighted by Crippen LogP contribution is -2.51. The van der Waals surface area contributed by atoms with Crippen LogP contribution in [0.1, 0.15) is 69.3 Å². The third kappa shape index (κ3) is 2.35. The molecule has 5 rings (SSSR count). The number of carbonyl (C=O) groups excluding carboxylic acids is 1. The number of nitrogens with two attached hydrogens (primary N) is 2. The van der Waals surface area contributed by atoms with Gasteiger partial charge in [0, 0.05) is 11.3 Å². The second kappa shape index (κ2) is 6.72. The van der Waals surface area contributed by atoms with Gasteiger partial charge in [-0.3, -0.25) is 4.79 Å². The van der Waals surface area contributed by atoms with Gasteiger partial charge in [-0.2, -0.15) is 15.3 Å². The Morgan fingerprint density at radius 3 is 2.10 bits per heavy atom. The van der Waals surface area contributed by atoms with E-state index in [9.17, 15) is 4.79 Å². The van der Waals surface area contributed by atoms with E-state index in [1.807, 2.05) is 30.3 Å². The Bertz CT molecular complexity index is 920. The number of fused-ring (bicyclic) bond motifs is 2. The van der Waals surface area contributed by atoms with Crippen LogP contribution in [0.4, 0.5) is 0 Å². The van der Waals surface area contributed by atoms with Crippen LogP contribution >= 0.6 is 0 Å². The molecule has 1 atom stereocenters. The van der Waals surface area contributed by atoms with E-state index in [0.29, 0.717) is 18.6 Å². The maximum atomic E-state index is 13.6. The second-order valence-electron chi connectivity index (χ2n) is 9.89. The predicted octanol–water partition coefficient (Wildman–Crippen LogP) is 3.89. The molecule has 0 aliphatic heterocycles. The summed E-state index contributed by atoms with van der Waals surface area (Å²) in [5, 5.41) is 12.1. The summed E-state index contributed by atoms with van der Waals surface area (Å²) >= 11 is 0. The summed E-state index contributed by atoms with van der Waals surface area (Å²) < 4.78 is 0. The quantitative estimate of drug-likeness (QED) is 0.400. The van der Waals surface area contributed by atoms with E-state index >= 15 is 0 Å². The topological polar surface area (TPSA) is 130 Å². The Morgan fingerprint density at radius 1 is 0.933 bits per heavy atom. The molecule has 30 heavy (non-hydrogen) atoms. The van der Waals surface area contributed by atoms with Crippen LogP contribution in [0.3, 0.4) is 0 Å². The van der Waals surface area contributed by atoms with Crippen molar-refractivity contribution in [2.75, 3.05) is 0 Å². The normalized spacial score (nSPS) is 43.1. The van der Waals surface area contributed by atoms with Gasteiger partial charge in [0.2, 0.25) is 0 Å². The number of hydrazone groups is 2. The molecular formula is C23H30N6O. The minimum absolute atomic E-state index is 0.0464. The highest BCUT2D eigenvalue weighted by atomic mass is 16.1. The Kier molecular flexibility index (Phi) is 4.35. The highest BCUT2D eigenvalue weighted by Gasteiger charge is 2.65. The summed E-state index contributed by atoms with van der Waals surface area (Å²) in [7, 11) is 0. The molecule has 0 saturated heterocycles. The van der Waals surface area contributed by atoms with Crippen molar-refractivity contribution in [2.45, 2.75) is 69.2 Å². The lowest BCUT2D eigenvalue weighted by molar-refractivity contribution is -0.125. The van der Waals surface area contributed by atoms with Crippen molar-refractivity contribution in [1.29, 1.82) is 5.53 Å². The van der Waals surface area contributed by atoms with Gasteiger partial charge in [-0.15, -0.1) is 0 Å². The Morgan fingerprint density at radius 2 is 1.60 bits per heavy atom. The minimum atomic E-state index is -0.654. The number of hydrogen-bond donors (Lipinski definition) is 3. The van der Waals surface area contributed by atoms with E-state index in [4.69, 9.17) is 17.2 Å². The number of rotatable bonds is 3. The summed E-state index contributed by atoms with van der Waals surface area (Å²) in [4.78, 5) is 13.6. The molecule has 158 valence electrons. The van der Waals surface area contributed by atoms with Gasteiger partial charge in [-0.25, -0.2) is 5.53 Å². The maximum absolute atomic E-state index is 13.6. The van der Waals surface area contributed by atoms with Crippen LogP contribution in [0.5, 0.6) is 0 Å². The highest BCUT2D eigenvalue weighted by Crippen LogP contribution is 2.66. The fourth-order valence-electron chi connectivity index (χ4n) is 7.50. The van der Waals surface area contributed by atoms with E-state index in [1.54, 1.807) is 0 Å². The largest absolute Gasteiger partial charge is 0.323 e. The monoisotopic (exact) mass is 406 g/mol. The van der Waals surface area contributed by atoms with Gasteiger partial charge in [0.1, 0.15) is 0 Å². The van der Waals surface area contributed by atoms with Gasteiger partial charge in [0.15, 0.2) is 11.5 Å². The number of benzene rings is 1. The van der Waals surface area contributed by atoms with Crippen molar-refractivity contribution in [3.05, 3.63) is 35.9 Å². The molecule has 4 saturated carbocycles. The average Bonchev–Trinajstić information content (AvgIpc) is 3.48. The van der Waals surface area contributed by atoms with Gasteiger partial charge in [0.25, 0.3) is 0 Å². The van der Waals surface area contributed by atoms with Crippen LogP contribution in [0.15, 0.2) is 45.6 Å². The first-order chi connectivity index (χ1) is 14.5. The molecule has 4 aliphatic rings. The summed E-state index contributed by atoms with van der Waals surface area (Å²) in [6, 6.07) is 9.96. The number of Topliss-reactive ketones (excluding diaryl/α,β-unsaturated/α-hetero) is 1. The van der Waals surface area contributed by atoms with E-state index < -0.39 is 5.41 Å². The summed E-state index contributed by atoms with van der Waals surface area (Å²) in [6.07, 6.45) is 8.92. The Balaban J connectivity index is 1.55. The molecule has 5 N–H and O–H groups in total. The van der Waals surface area contributed by atoms with Crippen molar-refractivity contribution >= 4 is 17.2 Å². The van der Waals surface area contributed by atoms with Crippen molar-refractivity contribution in [3.63, 3.8) is 0 Å². The van der Waals surface area contributed by atoms with E-state index in [0.717, 1.165) is 24.3 Å². The maximum Gasteiger partial charge on any atom is 0.192 e. The molecule has 2 bridgehead atoms. The van der Waals surface area contributed by atoms with Gasteiger partial charge in [-0.1, -0.05) is 30.3 Å². The number of hydrogen-bond acceptors (Lipinski definition) is 7. The lowest BCUT2D eigenvalue weighted by atomic mass is 9.54. The van der Waals surface area contributed by atoms with Crippen molar-refractivity contribution in [3.8, 4) is 0 Å². The molecule has 0 heterocycles. The first-order valence-electron chi connectivity index (χ1n) is 11.1. The Labute approximate surface area is 176 Å². The molecule has 7 heteroatoms. The van der Waals surface area contributed by atoms with Crippen molar-refractivity contribution in [1.82, 2.24) is 0 Å². The average molecular weight is 407 g/mol. The molecule has 1 aromatic carbocycles. The number of nitrogens with one attached hydrogen (secondary N) is 1. The fourth-order valence-corrected chi connectivity index (χ4v) is 7.50. The minimum Gasteiger partial charge on any atom is -0.323 e. The van der Waals surface area contributed by atoms with Crippen LogP contribution in [0.25, 0.3) is 0 Å². The van der Waals surface area contributed by atoms with Crippen LogP contribution < -0.4 is 11.7 Å². The highest BCUT2D eigenvalue weighted by molar-refractivity contribution is 6.73. The van der Waals surface area contributed by atoms with E-state index in [-0.39, 0.29) is 28.4 Å². The van der Waals surface area contributed by atoms with Crippen LogP contribution in [-0.4, -0.2) is 22.7 Å². The van der Waals surface area contributed by atoms with Crippen molar-refractivity contribution in [2.24, 2.45) is 43.8 Å². The van der Waals surface area contributed by atoms with Crippen LogP contribution in [-0.2, 0) is 4.79 Å². The zero-order valence-electron chi connectivity index (χ0n) is 17.3. The summed E-state index contributed by atoms with van der Waals surface area (Å²) in [5.41, 5.74) is 9.06. The number of carbonyl (C=O) groups is 1. The first-order valence-corrected chi connectivity index (χ1v) is 11.1. The van der Waals surface area contributed by atoms with Gasteiger partial charge in [-0.05, 0) is 74.7 Å². The smallest absolute Gasteiger partial charge is 0.192 e. The molecular weight excluding hydrogens is 376 g/mol. The third-order valence-corrected chi connectivity index (χ3v) is 9.05. The third-order valence-electron chi connectivity index (χ3n) is 9.05. The standard InChI is InChI=1S/C23H30N6O/c24-27-18-17(16-4-2-1-3-5-16)22(20(30)19(18)28-25)10-12-23(29-26,13-11-22)21-8-6-15(14-21)7-9-21/h1-5,15,17,26H,6-14,24-25H2. The molecule has 1 unspecified atom stereocenters.